The van der Waals surface area contributed by atoms with E-state index in [4.69, 9.17) is 11.6 Å². The molecule has 1 N–H and O–H groups in total. The van der Waals surface area contributed by atoms with Gasteiger partial charge in [0.05, 0.1) is 15.5 Å². The fourth-order valence-corrected chi connectivity index (χ4v) is 5.77. The molecule has 2 aromatic carbocycles. The number of nitrogens with zero attached hydrogens (tertiary/aromatic N) is 3. The Morgan fingerprint density at radius 2 is 1.70 bits per heavy atom. The average Bonchev–Trinajstić information content (AvgIpc) is 2.79. The average molecular weight is 493 g/mol. The Morgan fingerprint density at radius 3 is 2.27 bits per heavy atom. The molecule has 0 saturated carbocycles. The monoisotopic (exact) mass is 492 g/mol. The molecule has 1 fully saturated rings. The van der Waals surface area contributed by atoms with Gasteiger partial charge in [0.25, 0.3) is 5.91 Å². The van der Waals surface area contributed by atoms with Gasteiger partial charge in [0.2, 0.25) is 10.0 Å². The number of anilines is 1. The van der Waals surface area contributed by atoms with Gasteiger partial charge in [-0.25, -0.2) is 8.42 Å². The second-order valence-electron chi connectivity index (χ2n) is 8.85. The standard InChI is InChI=1S/C24H33ClN4O3S/c1-18(2)23(27(3)4)17-26-24(30)21-16-20(10-11-22(21)25)33(31,32)29-14-12-28(13-15-29)19-8-6-5-7-9-19/h5-11,16,18,23H,12-15,17H2,1-4H3,(H,26,30)/t23-/m1/s1. The third-order valence-electron chi connectivity index (χ3n) is 6.08. The number of nitrogens with one attached hydrogen (secondary N) is 1. The molecule has 0 unspecified atom stereocenters. The number of likely N-dealkylation sites (N-methyl/N-ethyl adjacent to an activating group) is 1. The summed E-state index contributed by atoms with van der Waals surface area (Å²) >= 11 is 6.27. The van der Waals surface area contributed by atoms with E-state index in [9.17, 15) is 13.2 Å². The maximum absolute atomic E-state index is 13.3. The molecule has 1 amide bonds. The maximum Gasteiger partial charge on any atom is 0.252 e. The molecular weight excluding hydrogens is 460 g/mol. The molecule has 0 radical (unpaired) electrons. The molecule has 1 aliphatic heterocycles. The van der Waals surface area contributed by atoms with E-state index < -0.39 is 10.0 Å². The minimum Gasteiger partial charge on any atom is -0.369 e. The lowest BCUT2D eigenvalue weighted by molar-refractivity contribution is 0.0934. The van der Waals surface area contributed by atoms with Gasteiger partial charge in [-0.05, 0) is 50.3 Å². The fourth-order valence-electron chi connectivity index (χ4n) is 4.12. The molecule has 1 aliphatic rings. The van der Waals surface area contributed by atoms with Crippen molar-refractivity contribution in [2.45, 2.75) is 24.8 Å². The van der Waals surface area contributed by atoms with Crippen molar-refractivity contribution in [2.75, 3.05) is 51.7 Å². The fraction of sp³-hybridized carbons (Fsp3) is 0.458. The van der Waals surface area contributed by atoms with E-state index in [0.717, 1.165) is 5.69 Å². The first-order valence-corrected chi connectivity index (χ1v) is 13.0. The first kappa shape index (κ1) is 25.5. The van der Waals surface area contributed by atoms with Crippen LogP contribution in [0.2, 0.25) is 5.02 Å². The predicted octanol–water partition coefficient (Wildman–Crippen LogP) is 3.17. The lowest BCUT2D eigenvalue weighted by atomic mass is 10.0. The highest BCUT2D eigenvalue weighted by Crippen LogP contribution is 2.25. The SMILES string of the molecule is CC(C)[C@@H](CNC(=O)c1cc(S(=O)(=O)N2CCN(c3ccccc3)CC2)ccc1Cl)N(C)C. The topological polar surface area (TPSA) is 73.0 Å². The van der Waals surface area contributed by atoms with Gasteiger partial charge in [-0.1, -0.05) is 43.6 Å². The first-order valence-electron chi connectivity index (χ1n) is 11.2. The van der Waals surface area contributed by atoms with E-state index >= 15 is 0 Å². The molecule has 7 nitrogen and oxygen atoms in total. The van der Waals surface area contributed by atoms with Gasteiger partial charge in [-0.3, -0.25) is 4.79 Å². The van der Waals surface area contributed by atoms with Gasteiger partial charge in [0.15, 0.2) is 0 Å². The highest BCUT2D eigenvalue weighted by Gasteiger charge is 2.30. The number of amides is 1. The lowest BCUT2D eigenvalue weighted by Crippen LogP contribution is -2.48. The number of para-hydroxylation sites is 1. The first-order chi connectivity index (χ1) is 15.6. The maximum atomic E-state index is 13.3. The van der Waals surface area contributed by atoms with Gasteiger partial charge in [-0.2, -0.15) is 4.31 Å². The van der Waals surface area contributed by atoms with Gasteiger partial charge in [0, 0.05) is 44.5 Å². The Balaban J connectivity index is 1.72. The molecule has 9 heteroatoms. The number of hydrogen-bond donors (Lipinski definition) is 1. The van der Waals surface area contributed by atoms with E-state index in [-0.39, 0.29) is 27.4 Å². The van der Waals surface area contributed by atoms with Crippen LogP contribution in [0.25, 0.3) is 0 Å². The molecule has 1 heterocycles. The summed E-state index contributed by atoms with van der Waals surface area (Å²) in [6.45, 7) is 6.58. The zero-order chi connectivity index (χ0) is 24.2. The number of halogens is 1. The van der Waals surface area contributed by atoms with Crippen LogP contribution in [0, 0.1) is 5.92 Å². The normalized spacial score (nSPS) is 16.3. The molecule has 0 aromatic heterocycles. The molecular formula is C24H33ClN4O3S. The highest BCUT2D eigenvalue weighted by atomic mass is 35.5. The van der Waals surface area contributed by atoms with E-state index in [0.29, 0.717) is 38.6 Å². The summed E-state index contributed by atoms with van der Waals surface area (Å²) in [5.41, 5.74) is 1.25. The van der Waals surface area contributed by atoms with Crippen LogP contribution >= 0.6 is 11.6 Å². The van der Waals surface area contributed by atoms with Crippen molar-refractivity contribution in [1.82, 2.24) is 14.5 Å². The van der Waals surface area contributed by atoms with Crippen molar-refractivity contribution in [1.29, 1.82) is 0 Å². The van der Waals surface area contributed by atoms with Crippen molar-refractivity contribution in [3.05, 3.63) is 59.1 Å². The molecule has 1 saturated heterocycles. The summed E-state index contributed by atoms with van der Waals surface area (Å²) in [7, 11) is 0.195. The number of carbonyl (C=O) groups excluding carboxylic acids is 1. The number of rotatable bonds is 8. The largest absolute Gasteiger partial charge is 0.369 e. The lowest BCUT2D eigenvalue weighted by Gasteiger charge is -2.35. The Morgan fingerprint density at radius 1 is 1.06 bits per heavy atom. The molecule has 33 heavy (non-hydrogen) atoms. The van der Waals surface area contributed by atoms with Crippen LogP contribution in [-0.2, 0) is 10.0 Å². The van der Waals surface area contributed by atoms with E-state index in [1.54, 1.807) is 0 Å². The highest BCUT2D eigenvalue weighted by molar-refractivity contribution is 7.89. The Kier molecular flexibility index (Phi) is 8.39. The quantitative estimate of drug-likeness (QED) is 0.612. The Labute approximate surface area is 202 Å². The summed E-state index contributed by atoms with van der Waals surface area (Å²) in [4.78, 5) is 17.2. The van der Waals surface area contributed by atoms with E-state index in [1.165, 1.54) is 22.5 Å². The summed E-state index contributed by atoms with van der Waals surface area (Å²) in [5, 5.41) is 3.13. The smallest absolute Gasteiger partial charge is 0.252 e. The summed E-state index contributed by atoms with van der Waals surface area (Å²) in [5.74, 6) is -0.0320. The van der Waals surface area contributed by atoms with Crippen molar-refractivity contribution >= 4 is 33.2 Å². The predicted molar refractivity (Wildman–Crippen MR) is 134 cm³/mol. The second kappa shape index (κ2) is 10.9. The Hall–Kier alpha value is -2.13. The van der Waals surface area contributed by atoms with Crippen LogP contribution in [0.15, 0.2) is 53.4 Å². The van der Waals surface area contributed by atoms with E-state index in [1.807, 2.05) is 44.4 Å². The van der Waals surface area contributed by atoms with Crippen LogP contribution in [0.4, 0.5) is 5.69 Å². The molecule has 1 atom stereocenters. The molecule has 2 aromatic rings. The van der Waals surface area contributed by atoms with Gasteiger partial charge < -0.3 is 15.1 Å². The number of sulfonamides is 1. The minimum absolute atomic E-state index is 0.0817. The number of benzene rings is 2. The minimum atomic E-state index is -3.74. The van der Waals surface area contributed by atoms with Gasteiger partial charge >= 0.3 is 0 Å². The molecule has 0 bridgehead atoms. The number of carbonyl (C=O) groups is 1. The molecule has 180 valence electrons. The van der Waals surface area contributed by atoms with Crippen molar-refractivity contribution in [2.24, 2.45) is 5.92 Å². The third kappa shape index (κ3) is 6.06. The number of hydrogen-bond acceptors (Lipinski definition) is 5. The van der Waals surface area contributed by atoms with Crippen molar-refractivity contribution in [3.63, 3.8) is 0 Å². The van der Waals surface area contributed by atoms with Crippen LogP contribution in [0.3, 0.4) is 0 Å². The number of piperazine rings is 1. The van der Waals surface area contributed by atoms with E-state index in [2.05, 4.69) is 29.0 Å². The summed E-state index contributed by atoms with van der Waals surface area (Å²) in [6, 6.07) is 14.4. The molecule has 3 rings (SSSR count). The Bertz CT molecular complexity index is 1040. The van der Waals surface area contributed by atoms with Crippen LogP contribution < -0.4 is 10.2 Å². The summed E-state index contributed by atoms with van der Waals surface area (Å²) in [6.07, 6.45) is 0. The van der Waals surface area contributed by atoms with Crippen LogP contribution in [0.1, 0.15) is 24.2 Å². The van der Waals surface area contributed by atoms with Gasteiger partial charge in [-0.15, -0.1) is 0 Å². The zero-order valence-corrected chi connectivity index (χ0v) is 21.2. The molecule has 0 aliphatic carbocycles. The third-order valence-corrected chi connectivity index (χ3v) is 8.31. The van der Waals surface area contributed by atoms with Gasteiger partial charge in [0.1, 0.15) is 0 Å². The summed E-state index contributed by atoms with van der Waals surface area (Å²) < 4.78 is 28.0. The van der Waals surface area contributed by atoms with Crippen LogP contribution in [0.5, 0.6) is 0 Å². The zero-order valence-electron chi connectivity index (χ0n) is 19.7. The van der Waals surface area contributed by atoms with Crippen molar-refractivity contribution < 1.29 is 13.2 Å². The van der Waals surface area contributed by atoms with Crippen molar-refractivity contribution in [3.8, 4) is 0 Å². The van der Waals surface area contributed by atoms with Crippen LogP contribution in [-0.4, -0.2) is 76.4 Å². The molecule has 0 spiro atoms. The second-order valence-corrected chi connectivity index (χ2v) is 11.2.